The average molecular weight is 426 g/mol. The molecular formula is C19H21Cl2NOSiTi. The maximum atomic E-state index is 10.5. The van der Waals surface area contributed by atoms with E-state index in [-0.39, 0.29) is 46.5 Å². The Kier molecular flexibility index (Phi) is 19.0. The zero-order valence-electron chi connectivity index (χ0n) is 14.5. The third kappa shape index (κ3) is 10.6. The van der Waals surface area contributed by atoms with Crippen molar-refractivity contribution in [3.8, 4) is 0 Å². The van der Waals surface area contributed by atoms with E-state index < -0.39 is 5.91 Å². The van der Waals surface area contributed by atoms with Crippen molar-refractivity contribution in [1.82, 2.24) is 0 Å². The van der Waals surface area contributed by atoms with Crippen LogP contribution in [0, 0.1) is 6.92 Å². The summed E-state index contributed by atoms with van der Waals surface area (Å²) in [6.45, 7) is 6.13. The first-order chi connectivity index (χ1) is 10.6. The largest absolute Gasteiger partial charge is 4.00 e. The van der Waals surface area contributed by atoms with E-state index in [0.29, 0.717) is 5.56 Å². The molecule has 3 aromatic rings. The average Bonchev–Trinajstić information content (AvgIpc) is 2.97. The molecule has 0 unspecified atom stereocenters. The number of halogens is 2. The molecule has 0 saturated heterocycles. The molecule has 0 aromatic heterocycles. The summed E-state index contributed by atoms with van der Waals surface area (Å²) in [6.07, 6.45) is 0. The van der Waals surface area contributed by atoms with Gasteiger partial charge in [0.1, 0.15) is 0 Å². The van der Waals surface area contributed by atoms with Crippen molar-refractivity contribution in [2.75, 3.05) is 0 Å². The fourth-order valence-corrected chi connectivity index (χ4v) is 1.90. The molecule has 0 aliphatic rings. The van der Waals surface area contributed by atoms with Crippen LogP contribution < -0.4 is 24.8 Å². The van der Waals surface area contributed by atoms with Gasteiger partial charge in [-0.3, -0.25) is 0 Å². The van der Waals surface area contributed by atoms with Gasteiger partial charge in [-0.05, 0) is 12.5 Å². The molecule has 0 spiro atoms. The summed E-state index contributed by atoms with van der Waals surface area (Å²) < 4.78 is 0. The Morgan fingerprint density at radius 2 is 1.48 bits per heavy atom. The quantitative estimate of drug-likeness (QED) is 0.384. The van der Waals surface area contributed by atoms with Gasteiger partial charge in [-0.25, -0.2) is 0 Å². The van der Waals surface area contributed by atoms with Crippen molar-refractivity contribution < 1.29 is 51.3 Å². The van der Waals surface area contributed by atoms with Gasteiger partial charge in [-0.1, -0.05) is 43.4 Å². The molecule has 130 valence electrons. The van der Waals surface area contributed by atoms with Crippen LogP contribution in [-0.4, -0.2) is 15.4 Å². The second kappa shape index (κ2) is 16.5. The third-order valence-corrected chi connectivity index (χ3v) is 2.94. The number of aryl methyl sites for hydroxylation is 1. The maximum absolute atomic E-state index is 10.5. The molecule has 1 amide bonds. The van der Waals surface area contributed by atoms with Gasteiger partial charge in [-0.15, -0.1) is 29.7 Å². The van der Waals surface area contributed by atoms with E-state index in [1.807, 2.05) is 19.1 Å². The third-order valence-electron chi connectivity index (χ3n) is 2.94. The van der Waals surface area contributed by atoms with Crippen LogP contribution in [0.15, 0.2) is 66.7 Å². The first-order valence-electron chi connectivity index (χ1n) is 7.10. The predicted octanol–water partition coefficient (Wildman–Crippen LogP) is -0.462. The molecule has 6 heteroatoms. The number of nitrogens with one attached hydrogen (secondary N) is 1. The van der Waals surface area contributed by atoms with Crippen LogP contribution >= 0.6 is 0 Å². The molecule has 0 atom stereocenters. The van der Waals surface area contributed by atoms with Gasteiger partial charge in [0.25, 0.3) is 0 Å². The Hall–Kier alpha value is -0.969. The molecular weight excluding hydrogens is 405 g/mol. The molecule has 2 radical (unpaired) electrons. The molecule has 3 rings (SSSR count). The summed E-state index contributed by atoms with van der Waals surface area (Å²) in [4.78, 5) is 10.5. The van der Waals surface area contributed by atoms with Crippen molar-refractivity contribution in [3.63, 3.8) is 0 Å². The van der Waals surface area contributed by atoms with Crippen LogP contribution in [0.5, 0.6) is 0 Å². The number of rotatable bonds is 1. The standard InChI is InChI=1S/C9H7.C8H9NO.C2H6Si.2ClH.Ti/c1-2-5-9-7-3-6-8(9)4-1;1-6-4-2-3-5-7(6)8(9)10;1-3-2;;;/h1-7H;2-5H,1H3,(H2,9,10);1-2H3;2*1H;/q-1;;;;;+4/p-3. The molecule has 0 heterocycles. The second-order valence-electron chi connectivity index (χ2n) is 4.80. The molecule has 0 saturated carbocycles. The summed E-state index contributed by atoms with van der Waals surface area (Å²) in [5, 5.41) is 2.66. The predicted molar refractivity (Wildman–Crippen MR) is 96.9 cm³/mol. The van der Waals surface area contributed by atoms with Gasteiger partial charge in [0.2, 0.25) is 0 Å². The van der Waals surface area contributed by atoms with Crippen molar-refractivity contribution >= 4 is 26.2 Å². The van der Waals surface area contributed by atoms with E-state index in [9.17, 15) is 4.79 Å². The zero-order chi connectivity index (χ0) is 16.4. The van der Waals surface area contributed by atoms with Crippen LogP contribution in [0.3, 0.4) is 0 Å². The first kappa shape index (κ1) is 28.8. The Morgan fingerprint density at radius 1 is 0.960 bits per heavy atom. The van der Waals surface area contributed by atoms with Gasteiger partial charge in [-0.2, -0.15) is 17.5 Å². The summed E-state index contributed by atoms with van der Waals surface area (Å²) in [7, 11) is 1.08. The SMILES string of the molecule is C[Si]C.Cc1ccccc1C([NH-])=O.[Cl-].[Cl-].[Ti+4].c1ccc2[cH-]ccc2c1. The van der Waals surface area contributed by atoms with Gasteiger partial charge in [0.15, 0.2) is 0 Å². The van der Waals surface area contributed by atoms with Crippen molar-refractivity contribution in [2.45, 2.75) is 20.0 Å². The number of benzene rings is 2. The molecule has 0 fully saturated rings. The summed E-state index contributed by atoms with van der Waals surface area (Å²) in [6, 6.07) is 21.8. The van der Waals surface area contributed by atoms with Crippen molar-refractivity contribution in [3.05, 3.63) is 83.6 Å². The van der Waals surface area contributed by atoms with Gasteiger partial charge in [0, 0.05) is 15.1 Å². The first-order valence-corrected chi connectivity index (χ1v) is 9.10. The summed E-state index contributed by atoms with van der Waals surface area (Å²) >= 11 is 0. The smallest absolute Gasteiger partial charge is 1.00 e. The van der Waals surface area contributed by atoms with E-state index in [2.05, 4.69) is 55.6 Å². The minimum Gasteiger partial charge on any atom is -1.00 e. The number of fused-ring (bicyclic) bond motifs is 1. The van der Waals surface area contributed by atoms with E-state index in [1.54, 1.807) is 12.1 Å². The maximum Gasteiger partial charge on any atom is 4.00 e. The summed E-state index contributed by atoms with van der Waals surface area (Å²) in [5.74, 6) is -0.613. The van der Waals surface area contributed by atoms with E-state index in [1.165, 1.54) is 10.8 Å². The normalized spacial score (nSPS) is 8.12. The molecule has 1 N–H and O–H groups in total. The fourth-order valence-electron chi connectivity index (χ4n) is 1.90. The number of hydrogen-bond acceptors (Lipinski definition) is 1. The van der Waals surface area contributed by atoms with E-state index >= 15 is 0 Å². The topological polar surface area (TPSA) is 40.9 Å². The Bertz CT molecular complexity index is 689. The molecule has 0 aliphatic carbocycles. The van der Waals surface area contributed by atoms with Crippen LogP contribution in [-0.2, 0) is 21.7 Å². The van der Waals surface area contributed by atoms with E-state index in [4.69, 9.17) is 5.73 Å². The second-order valence-corrected chi connectivity index (χ2v) is 5.80. The van der Waals surface area contributed by atoms with Crippen molar-refractivity contribution in [2.24, 2.45) is 0 Å². The molecule has 0 bridgehead atoms. The van der Waals surface area contributed by atoms with Crippen LogP contribution in [0.2, 0.25) is 13.1 Å². The number of hydrogen-bond donors (Lipinski definition) is 0. The molecule has 3 aromatic carbocycles. The van der Waals surface area contributed by atoms with Crippen LogP contribution in [0.25, 0.3) is 16.5 Å². The fraction of sp³-hybridized carbons (Fsp3) is 0.158. The minimum absolute atomic E-state index is 0. The van der Waals surface area contributed by atoms with Crippen molar-refractivity contribution in [1.29, 1.82) is 0 Å². The van der Waals surface area contributed by atoms with Gasteiger partial charge < -0.3 is 35.3 Å². The van der Waals surface area contributed by atoms with Crippen LogP contribution in [0.1, 0.15) is 15.9 Å². The Labute approximate surface area is 180 Å². The monoisotopic (exact) mass is 425 g/mol. The number of carbonyl (C=O) groups excluding carboxylic acids is 1. The van der Waals surface area contributed by atoms with Crippen LogP contribution in [0.4, 0.5) is 0 Å². The Morgan fingerprint density at radius 3 is 1.96 bits per heavy atom. The van der Waals surface area contributed by atoms with E-state index in [0.717, 1.165) is 15.1 Å². The molecule has 2 nitrogen and oxygen atoms in total. The number of amides is 1. The Balaban J connectivity index is -0.000000304. The number of carbonyl (C=O) groups is 1. The molecule has 0 aliphatic heterocycles. The van der Waals surface area contributed by atoms with Gasteiger partial charge >= 0.3 is 21.7 Å². The zero-order valence-corrected chi connectivity index (χ0v) is 18.6. The minimum atomic E-state index is -0.613. The molecule has 25 heavy (non-hydrogen) atoms. The summed E-state index contributed by atoms with van der Waals surface area (Å²) in [5.41, 5.74) is 8.17. The van der Waals surface area contributed by atoms with Gasteiger partial charge in [0.05, 0.1) is 5.91 Å².